The summed E-state index contributed by atoms with van der Waals surface area (Å²) in [6.45, 7) is 18.8. The van der Waals surface area contributed by atoms with E-state index in [1.165, 1.54) is 116 Å². The largest absolute Gasteiger partial charge is 0.308 e. The number of fused-ring (bicyclic) bond motifs is 3. The lowest BCUT2D eigenvalue weighted by molar-refractivity contribution is 0.593. The highest BCUT2D eigenvalue weighted by molar-refractivity contribution is 6.22. The minimum Gasteiger partial charge on any atom is -0.308 e. The minimum absolute atomic E-state index is 0.181. The molecule has 0 unspecified atom stereocenters. The predicted octanol–water partition coefficient (Wildman–Crippen LogP) is 12.9. The first-order chi connectivity index (χ1) is 23.4. The maximum atomic E-state index is 2.65. The van der Waals surface area contributed by atoms with Gasteiger partial charge in [-0.2, -0.15) is 0 Å². The molecule has 0 saturated heterocycles. The van der Waals surface area contributed by atoms with Crippen LogP contribution in [0.1, 0.15) is 72.2 Å². The van der Waals surface area contributed by atoms with Crippen LogP contribution in [-0.4, -0.2) is 4.57 Å². The lowest BCUT2D eigenvalue weighted by Crippen LogP contribution is -2.33. The van der Waals surface area contributed by atoms with Gasteiger partial charge >= 0.3 is 0 Å². The molecule has 0 aliphatic carbocycles. The SMILES string of the molecule is Cc1ccc2c(-c3cc4c5c(c3)C(C)(C)c3cc(C)cc6c7cc(C)cc(c7n-5c36)C4(C)C)c3cc(C)ccc3c(-c3ccccc3)c2c1. The van der Waals surface area contributed by atoms with Crippen LogP contribution in [0, 0.1) is 27.7 Å². The van der Waals surface area contributed by atoms with Gasteiger partial charge in [-0.05, 0) is 118 Å². The highest BCUT2D eigenvalue weighted by Crippen LogP contribution is 2.57. The van der Waals surface area contributed by atoms with Gasteiger partial charge in [-0.1, -0.05) is 129 Å². The summed E-state index contributed by atoms with van der Waals surface area (Å²) in [5.41, 5.74) is 20.0. The zero-order valence-electron chi connectivity index (χ0n) is 29.8. The Balaban J connectivity index is 1.41. The van der Waals surface area contributed by atoms with E-state index in [1.54, 1.807) is 0 Å². The third-order valence-electron chi connectivity index (χ3n) is 12.1. The molecule has 0 spiro atoms. The fourth-order valence-corrected chi connectivity index (χ4v) is 9.68. The third kappa shape index (κ3) is 3.61. The number of nitrogens with zero attached hydrogens (tertiary/aromatic N) is 1. The van der Waals surface area contributed by atoms with Gasteiger partial charge in [0, 0.05) is 21.6 Å². The average molecular weight is 632 g/mol. The Labute approximate surface area is 288 Å². The third-order valence-corrected chi connectivity index (χ3v) is 12.1. The molecular formula is C48H41N. The van der Waals surface area contributed by atoms with Crippen molar-refractivity contribution in [2.24, 2.45) is 0 Å². The summed E-state index contributed by atoms with van der Waals surface area (Å²) in [6.07, 6.45) is 0. The van der Waals surface area contributed by atoms with E-state index in [9.17, 15) is 0 Å². The second kappa shape index (κ2) is 9.30. The van der Waals surface area contributed by atoms with Gasteiger partial charge in [-0.3, -0.25) is 0 Å². The average Bonchev–Trinajstić information content (AvgIpc) is 3.38. The summed E-state index contributed by atoms with van der Waals surface area (Å²) < 4.78 is 2.65. The molecule has 1 heteroatoms. The first-order valence-corrected chi connectivity index (χ1v) is 17.8. The highest BCUT2D eigenvalue weighted by Gasteiger charge is 2.44. The van der Waals surface area contributed by atoms with E-state index in [2.05, 4.69) is 163 Å². The molecule has 0 saturated carbocycles. The summed E-state index contributed by atoms with van der Waals surface area (Å²) in [6, 6.07) is 40.0. The predicted molar refractivity (Wildman–Crippen MR) is 210 cm³/mol. The lowest BCUT2D eigenvalue weighted by atomic mass is 9.67. The van der Waals surface area contributed by atoms with Crippen molar-refractivity contribution in [2.45, 2.75) is 66.2 Å². The van der Waals surface area contributed by atoms with Gasteiger partial charge in [-0.15, -0.1) is 0 Å². The van der Waals surface area contributed by atoms with Crippen LogP contribution in [0.4, 0.5) is 0 Å². The monoisotopic (exact) mass is 631 g/mol. The molecule has 1 aromatic heterocycles. The minimum atomic E-state index is -0.181. The van der Waals surface area contributed by atoms with Crippen LogP contribution in [0.3, 0.4) is 0 Å². The van der Waals surface area contributed by atoms with Gasteiger partial charge in [0.1, 0.15) is 0 Å². The Kier molecular flexibility index (Phi) is 5.47. The zero-order chi connectivity index (χ0) is 33.7. The van der Waals surface area contributed by atoms with Crippen molar-refractivity contribution in [1.29, 1.82) is 0 Å². The van der Waals surface area contributed by atoms with Gasteiger partial charge in [-0.25, -0.2) is 0 Å². The molecular weight excluding hydrogens is 591 g/mol. The van der Waals surface area contributed by atoms with Gasteiger partial charge in [0.25, 0.3) is 0 Å². The zero-order valence-corrected chi connectivity index (χ0v) is 29.8. The van der Waals surface area contributed by atoms with E-state index >= 15 is 0 Å². The molecule has 1 nitrogen and oxygen atoms in total. The number of rotatable bonds is 2. The Morgan fingerprint density at radius 1 is 0.388 bits per heavy atom. The van der Waals surface area contributed by atoms with Crippen molar-refractivity contribution >= 4 is 43.4 Å². The molecule has 0 N–H and O–H groups in total. The molecule has 8 aromatic rings. The maximum Gasteiger partial charge on any atom is 0.0582 e. The molecule has 2 aliphatic heterocycles. The number of aromatic nitrogens is 1. The molecule has 49 heavy (non-hydrogen) atoms. The van der Waals surface area contributed by atoms with Gasteiger partial charge in [0.05, 0.1) is 16.7 Å². The van der Waals surface area contributed by atoms with E-state index in [-0.39, 0.29) is 10.8 Å². The molecule has 0 amide bonds. The van der Waals surface area contributed by atoms with E-state index in [1.807, 2.05) is 0 Å². The van der Waals surface area contributed by atoms with E-state index in [0.717, 1.165) is 0 Å². The number of benzene rings is 7. The van der Waals surface area contributed by atoms with Gasteiger partial charge in [0.15, 0.2) is 0 Å². The Hall–Kier alpha value is -5.14. The Morgan fingerprint density at radius 3 is 1.33 bits per heavy atom. The van der Waals surface area contributed by atoms with Crippen LogP contribution in [0.25, 0.3) is 71.3 Å². The molecule has 3 heterocycles. The van der Waals surface area contributed by atoms with Crippen LogP contribution in [0.15, 0.2) is 103 Å². The number of hydrogen-bond donors (Lipinski definition) is 0. The van der Waals surface area contributed by atoms with Gasteiger partial charge in [0.2, 0.25) is 0 Å². The van der Waals surface area contributed by atoms with Crippen molar-refractivity contribution in [3.05, 3.63) is 148 Å². The van der Waals surface area contributed by atoms with E-state index in [4.69, 9.17) is 0 Å². The smallest absolute Gasteiger partial charge is 0.0582 e. The summed E-state index contributed by atoms with van der Waals surface area (Å²) in [5, 5.41) is 8.04. The summed E-state index contributed by atoms with van der Waals surface area (Å²) in [4.78, 5) is 0. The summed E-state index contributed by atoms with van der Waals surface area (Å²) >= 11 is 0. The van der Waals surface area contributed by atoms with Crippen LogP contribution >= 0.6 is 0 Å². The lowest BCUT2D eigenvalue weighted by Gasteiger charge is -2.43. The highest BCUT2D eigenvalue weighted by atomic mass is 15.0. The van der Waals surface area contributed by atoms with Crippen molar-refractivity contribution in [3.63, 3.8) is 0 Å². The van der Waals surface area contributed by atoms with E-state index < -0.39 is 0 Å². The first-order valence-electron chi connectivity index (χ1n) is 17.8. The summed E-state index contributed by atoms with van der Waals surface area (Å²) in [7, 11) is 0. The van der Waals surface area contributed by atoms with Gasteiger partial charge < -0.3 is 4.57 Å². The molecule has 238 valence electrons. The maximum absolute atomic E-state index is 2.65. The molecule has 2 aliphatic rings. The fraction of sp³-hybridized carbons (Fsp3) is 0.208. The van der Waals surface area contributed by atoms with Crippen LogP contribution in [0.5, 0.6) is 0 Å². The second-order valence-corrected chi connectivity index (χ2v) is 16.1. The molecule has 0 radical (unpaired) electrons. The van der Waals surface area contributed by atoms with Crippen LogP contribution < -0.4 is 0 Å². The Bertz CT molecular complexity index is 2680. The standard InChI is InChI=1S/C48H41N/c1-26-15-17-33-34(18-26)42(30-12-10-9-11-13-30)32-16-14-27(2)19-35(32)43(33)31-24-40-46-41(25-31)48(7,8)39-23-29(4)21-37-36-20-28(3)22-38(47(40,5)6)44(36)49(46)45(37)39/h9-25H,1-8H3. The molecule has 7 aromatic carbocycles. The second-order valence-electron chi connectivity index (χ2n) is 16.1. The fourth-order valence-electron chi connectivity index (χ4n) is 9.68. The van der Waals surface area contributed by atoms with Crippen molar-refractivity contribution in [3.8, 4) is 27.9 Å². The van der Waals surface area contributed by atoms with Crippen LogP contribution in [-0.2, 0) is 10.8 Å². The molecule has 0 atom stereocenters. The van der Waals surface area contributed by atoms with Crippen molar-refractivity contribution in [2.75, 3.05) is 0 Å². The number of aryl methyl sites for hydroxylation is 4. The summed E-state index contributed by atoms with van der Waals surface area (Å²) in [5.74, 6) is 0. The molecule has 0 fully saturated rings. The quantitative estimate of drug-likeness (QED) is 0.167. The normalized spacial score (nSPS) is 15.3. The van der Waals surface area contributed by atoms with E-state index in [0.29, 0.717) is 0 Å². The molecule has 10 rings (SSSR count). The first kappa shape index (κ1) is 28.8. The Morgan fingerprint density at radius 2 is 0.837 bits per heavy atom. The topological polar surface area (TPSA) is 4.93 Å². The van der Waals surface area contributed by atoms with Crippen molar-refractivity contribution in [1.82, 2.24) is 4.57 Å². The van der Waals surface area contributed by atoms with Crippen molar-refractivity contribution < 1.29 is 0 Å². The van der Waals surface area contributed by atoms with Crippen LogP contribution in [0.2, 0.25) is 0 Å². The molecule has 0 bridgehead atoms. The number of hydrogen-bond acceptors (Lipinski definition) is 0.